The summed E-state index contributed by atoms with van der Waals surface area (Å²) in [4.78, 5) is 5.04. The normalized spacial score (nSPS) is 22.3. The van der Waals surface area contributed by atoms with Crippen LogP contribution < -0.4 is 0 Å². The molecule has 0 saturated heterocycles. The monoisotopic (exact) mass is 533 g/mol. The number of rotatable bonds is 9. The van der Waals surface area contributed by atoms with Gasteiger partial charge in [-0.25, -0.2) is 9.07 Å². The highest BCUT2D eigenvalue weighted by atomic mass is 79.9. The summed E-state index contributed by atoms with van der Waals surface area (Å²) in [6, 6.07) is 4.48. The van der Waals surface area contributed by atoms with E-state index in [0.717, 1.165) is 66.9 Å². The summed E-state index contributed by atoms with van der Waals surface area (Å²) in [7, 11) is -1.13. The fourth-order valence-corrected chi connectivity index (χ4v) is 5.94. The Hall–Kier alpha value is -1.31. The Labute approximate surface area is 207 Å². The van der Waals surface area contributed by atoms with Crippen LogP contribution in [0.3, 0.4) is 0 Å². The van der Waals surface area contributed by atoms with Gasteiger partial charge in [-0.05, 0) is 83.6 Å². The predicted octanol–water partition coefficient (Wildman–Crippen LogP) is 7.45. The number of hydrogen-bond acceptors (Lipinski definition) is 3. The van der Waals surface area contributed by atoms with Crippen molar-refractivity contribution < 1.29 is 9.13 Å². The van der Waals surface area contributed by atoms with Crippen molar-refractivity contribution in [1.29, 1.82) is 0 Å². The van der Waals surface area contributed by atoms with Gasteiger partial charge in [-0.3, -0.25) is 4.99 Å². The molecule has 1 aromatic heterocycles. The van der Waals surface area contributed by atoms with Gasteiger partial charge < -0.3 is 4.74 Å². The van der Waals surface area contributed by atoms with Gasteiger partial charge in [0, 0.05) is 25.9 Å². The second-order valence-electron chi connectivity index (χ2n) is 11.4. The molecule has 0 spiro atoms. The molecule has 1 fully saturated rings. The number of ether oxygens (including phenoxy) is 1. The summed E-state index contributed by atoms with van der Waals surface area (Å²) in [6.07, 6.45) is 5.26. The van der Waals surface area contributed by atoms with Crippen LogP contribution in [-0.2, 0) is 24.3 Å². The minimum Gasteiger partial charge on any atom is -0.360 e. The number of aromatic nitrogens is 2. The van der Waals surface area contributed by atoms with Crippen LogP contribution in [0.4, 0.5) is 10.1 Å². The topological polar surface area (TPSA) is 39.4 Å². The van der Waals surface area contributed by atoms with E-state index in [2.05, 4.69) is 54.1 Å². The fraction of sp³-hybridized carbons (Fsp3) is 0.615. The molecule has 0 unspecified atom stereocenters. The van der Waals surface area contributed by atoms with Gasteiger partial charge in [-0.2, -0.15) is 5.10 Å². The van der Waals surface area contributed by atoms with E-state index in [0.29, 0.717) is 16.6 Å². The summed E-state index contributed by atoms with van der Waals surface area (Å²) >= 11 is 3.32. The molecule has 180 valence electrons. The van der Waals surface area contributed by atoms with Crippen LogP contribution in [0, 0.1) is 24.1 Å². The molecule has 7 heteroatoms. The van der Waals surface area contributed by atoms with E-state index in [-0.39, 0.29) is 5.82 Å². The molecule has 0 N–H and O–H groups in total. The Morgan fingerprint density at radius 3 is 2.82 bits per heavy atom. The molecule has 33 heavy (non-hydrogen) atoms. The zero-order chi connectivity index (χ0) is 24.0. The zero-order valence-corrected chi connectivity index (χ0v) is 23.5. The van der Waals surface area contributed by atoms with Crippen LogP contribution in [0.15, 0.2) is 21.6 Å². The first-order valence-corrected chi connectivity index (χ1v) is 16.7. The van der Waals surface area contributed by atoms with Crippen molar-refractivity contribution in [3.05, 3.63) is 44.9 Å². The van der Waals surface area contributed by atoms with E-state index in [4.69, 9.17) is 14.8 Å². The van der Waals surface area contributed by atoms with Crippen molar-refractivity contribution in [3.63, 3.8) is 0 Å². The van der Waals surface area contributed by atoms with Crippen LogP contribution in [0.25, 0.3) is 0 Å². The maximum absolute atomic E-state index is 14.0. The van der Waals surface area contributed by atoms with Gasteiger partial charge in [0.15, 0.2) is 0 Å². The van der Waals surface area contributed by atoms with E-state index in [1.54, 1.807) is 12.1 Å². The summed E-state index contributed by atoms with van der Waals surface area (Å²) in [5.41, 5.74) is 6.76. The first-order chi connectivity index (χ1) is 15.5. The second kappa shape index (κ2) is 9.38. The molecule has 0 bridgehead atoms. The summed E-state index contributed by atoms with van der Waals surface area (Å²) in [5.74, 6) is 0.493. The van der Waals surface area contributed by atoms with E-state index in [1.165, 1.54) is 17.7 Å². The third kappa shape index (κ3) is 5.51. The Bertz CT molecular complexity index is 1070. The smallest absolute Gasteiger partial charge is 0.139 e. The average Bonchev–Trinajstić information content (AvgIpc) is 3.28. The maximum atomic E-state index is 14.0. The first kappa shape index (κ1) is 24.8. The molecule has 0 aliphatic heterocycles. The molecule has 1 heterocycles. The van der Waals surface area contributed by atoms with Crippen LogP contribution in [0.5, 0.6) is 0 Å². The van der Waals surface area contributed by atoms with Crippen LogP contribution in [0.2, 0.25) is 25.7 Å². The molecular weight excluding hydrogens is 497 g/mol. The van der Waals surface area contributed by atoms with Crippen LogP contribution in [-0.4, -0.2) is 30.2 Å². The zero-order valence-electron chi connectivity index (χ0n) is 20.9. The molecule has 0 amide bonds. The number of fused-ring (bicyclic) bond motifs is 2. The molecule has 1 aromatic carbocycles. The fourth-order valence-electron chi connectivity index (χ4n) is 4.85. The van der Waals surface area contributed by atoms with Crippen molar-refractivity contribution in [2.75, 3.05) is 6.61 Å². The SMILES string of the molecule is CCCC(=Nc1cc(Br)c(F)cc1C)c1nn(COCC[Si](C)(C)C)c2c1C[C@@H]1C[C@]1(C)C2. The van der Waals surface area contributed by atoms with Crippen molar-refractivity contribution in [2.24, 2.45) is 16.3 Å². The van der Waals surface area contributed by atoms with Crippen LogP contribution >= 0.6 is 15.9 Å². The molecule has 2 atom stereocenters. The third-order valence-electron chi connectivity index (χ3n) is 7.19. The molecular formula is C26H37BrFN3OSi. The lowest BCUT2D eigenvalue weighted by Gasteiger charge is -2.21. The van der Waals surface area contributed by atoms with E-state index in [9.17, 15) is 4.39 Å². The molecule has 4 nitrogen and oxygen atoms in total. The van der Waals surface area contributed by atoms with E-state index < -0.39 is 8.07 Å². The summed E-state index contributed by atoms with van der Waals surface area (Å²) in [6.45, 7) is 14.9. The predicted molar refractivity (Wildman–Crippen MR) is 140 cm³/mol. The Balaban J connectivity index is 1.69. The number of aryl methyl sites for hydroxylation is 1. The van der Waals surface area contributed by atoms with E-state index >= 15 is 0 Å². The molecule has 4 rings (SSSR count). The summed E-state index contributed by atoms with van der Waals surface area (Å²) < 4.78 is 22.6. The van der Waals surface area contributed by atoms with E-state index in [1.807, 2.05) is 6.92 Å². The number of aliphatic imine (C=N–C) groups is 1. The lowest BCUT2D eigenvalue weighted by molar-refractivity contribution is 0.0755. The van der Waals surface area contributed by atoms with Crippen molar-refractivity contribution in [1.82, 2.24) is 9.78 Å². The second-order valence-corrected chi connectivity index (χ2v) is 17.9. The minimum atomic E-state index is -1.13. The van der Waals surface area contributed by atoms with Gasteiger partial charge in [-0.15, -0.1) is 0 Å². The van der Waals surface area contributed by atoms with Gasteiger partial charge in [0.2, 0.25) is 0 Å². The lowest BCUT2D eigenvalue weighted by atomic mass is 9.86. The minimum absolute atomic E-state index is 0.256. The maximum Gasteiger partial charge on any atom is 0.139 e. The molecule has 0 radical (unpaired) electrons. The summed E-state index contributed by atoms with van der Waals surface area (Å²) in [5, 5.41) is 5.08. The number of nitrogens with zero attached hydrogens (tertiary/aromatic N) is 3. The van der Waals surface area contributed by atoms with Gasteiger partial charge in [0.05, 0.1) is 15.9 Å². The molecule has 2 aliphatic rings. The number of hydrogen-bond donors (Lipinski definition) is 0. The highest BCUT2D eigenvalue weighted by Gasteiger charge is 2.54. The highest BCUT2D eigenvalue weighted by Crippen LogP contribution is 2.59. The van der Waals surface area contributed by atoms with Crippen molar-refractivity contribution >= 4 is 35.4 Å². The standard InChI is InChI=1S/C26H37BrFN3OSi/c1-7-8-22(29-23-13-20(27)21(28)11-17(23)2)25-19-12-18-14-26(18,3)15-24(19)31(30-25)16-32-9-10-33(4,5)6/h11,13,18H,7-10,12,14-16H2,1-6H3/t18-,26-/m1/s1. The van der Waals surface area contributed by atoms with Gasteiger partial charge >= 0.3 is 0 Å². The van der Waals surface area contributed by atoms with Crippen molar-refractivity contribution in [3.8, 4) is 0 Å². The lowest BCUT2D eigenvalue weighted by Crippen LogP contribution is -2.23. The number of halogens is 2. The van der Waals surface area contributed by atoms with Crippen molar-refractivity contribution in [2.45, 2.75) is 85.3 Å². The molecule has 1 saturated carbocycles. The highest BCUT2D eigenvalue weighted by molar-refractivity contribution is 9.10. The molecule has 2 aliphatic carbocycles. The Kier molecular flexibility index (Phi) is 7.05. The van der Waals surface area contributed by atoms with Gasteiger partial charge in [0.25, 0.3) is 0 Å². The third-order valence-corrected chi connectivity index (χ3v) is 9.50. The Morgan fingerprint density at radius 2 is 2.12 bits per heavy atom. The van der Waals surface area contributed by atoms with Gasteiger partial charge in [0.1, 0.15) is 18.2 Å². The first-order valence-electron chi connectivity index (χ1n) is 12.2. The number of benzene rings is 1. The Morgan fingerprint density at radius 1 is 1.36 bits per heavy atom. The quantitative estimate of drug-likeness (QED) is 0.190. The average molecular weight is 535 g/mol. The molecule has 2 aromatic rings. The largest absolute Gasteiger partial charge is 0.360 e. The van der Waals surface area contributed by atoms with Crippen LogP contribution in [0.1, 0.15) is 55.6 Å². The van der Waals surface area contributed by atoms with Gasteiger partial charge in [-0.1, -0.05) is 39.9 Å².